The summed E-state index contributed by atoms with van der Waals surface area (Å²) in [6.07, 6.45) is 3.38. The molecule has 0 spiro atoms. The van der Waals surface area contributed by atoms with Crippen LogP contribution in [0.2, 0.25) is 0 Å². The molecule has 1 aromatic heterocycles. The van der Waals surface area contributed by atoms with E-state index < -0.39 is 0 Å². The van der Waals surface area contributed by atoms with Gasteiger partial charge in [0.25, 0.3) is 0 Å². The molecule has 0 aliphatic carbocycles. The molecular weight excluding hydrogens is 340 g/mol. The lowest BCUT2D eigenvalue weighted by atomic mass is 10.2. The Morgan fingerprint density at radius 2 is 1.65 bits per heavy atom. The summed E-state index contributed by atoms with van der Waals surface area (Å²) in [5.74, 6) is -0.130. The number of rotatable bonds is 6. The van der Waals surface area contributed by atoms with Crippen LogP contribution in [0, 0.1) is 0 Å². The van der Waals surface area contributed by atoms with Gasteiger partial charge in [0.15, 0.2) is 0 Å². The molecule has 3 rings (SSSR count). The summed E-state index contributed by atoms with van der Waals surface area (Å²) >= 11 is 1.60. The van der Waals surface area contributed by atoms with Crippen molar-refractivity contribution in [3.05, 3.63) is 83.1 Å². The molecule has 3 nitrogen and oxygen atoms in total. The minimum atomic E-state index is -0.130. The van der Waals surface area contributed by atoms with Crippen molar-refractivity contribution in [1.29, 1.82) is 0 Å². The lowest BCUT2D eigenvalue weighted by molar-refractivity contribution is -0.111. The van der Waals surface area contributed by atoms with Gasteiger partial charge in [-0.25, -0.2) is 0 Å². The molecule has 2 aromatic carbocycles. The second-order valence-corrected chi connectivity index (χ2v) is 7.16. The highest BCUT2D eigenvalue weighted by atomic mass is 32.1. The summed E-state index contributed by atoms with van der Waals surface area (Å²) in [6.45, 7) is 4.33. The number of para-hydroxylation sites is 1. The topological polar surface area (TPSA) is 32.3 Å². The Balaban J connectivity index is 1.70. The third-order valence-electron chi connectivity index (χ3n) is 3.91. The normalized spacial score (nSPS) is 11.0. The van der Waals surface area contributed by atoms with E-state index >= 15 is 0 Å². The Hall–Kier alpha value is -2.85. The number of hydrogen-bond donors (Lipinski definition) is 1. The molecule has 0 radical (unpaired) electrons. The van der Waals surface area contributed by atoms with Crippen LogP contribution in [-0.2, 0) is 4.79 Å². The molecule has 0 fully saturated rings. The van der Waals surface area contributed by atoms with E-state index in [9.17, 15) is 4.79 Å². The first-order valence-corrected chi connectivity index (χ1v) is 9.48. The molecule has 0 aliphatic heterocycles. The lowest BCUT2D eigenvalue weighted by Crippen LogP contribution is -2.25. The zero-order chi connectivity index (χ0) is 18.4. The fraction of sp³-hybridized carbons (Fsp3) is 0.136. The summed E-state index contributed by atoms with van der Waals surface area (Å²) in [6, 6.07) is 22.5. The van der Waals surface area contributed by atoms with Crippen molar-refractivity contribution < 1.29 is 4.79 Å². The average molecular weight is 362 g/mol. The maximum Gasteiger partial charge on any atom is 0.248 e. The first kappa shape index (κ1) is 18.0. The molecule has 0 atom stereocenters. The Bertz CT molecular complexity index is 853. The van der Waals surface area contributed by atoms with Gasteiger partial charge in [0, 0.05) is 34.1 Å². The molecular formula is C22H22N2OS. The van der Waals surface area contributed by atoms with Crippen molar-refractivity contribution in [3.63, 3.8) is 0 Å². The van der Waals surface area contributed by atoms with Gasteiger partial charge in [0.1, 0.15) is 0 Å². The molecule has 26 heavy (non-hydrogen) atoms. The van der Waals surface area contributed by atoms with Crippen molar-refractivity contribution in [2.75, 3.05) is 10.2 Å². The summed E-state index contributed by atoms with van der Waals surface area (Å²) < 4.78 is 0. The highest BCUT2D eigenvalue weighted by molar-refractivity contribution is 7.10. The molecule has 0 saturated heterocycles. The molecule has 0 bridgehead atoms. The van der Waals surface area contributed by atoms with Crippen molar-refractivity contribution in [3.8, 4) is 0 Å². The minimum Gasteiger partial charge on any atom is -0.339 e. The Kier molecular flexibility index (Phi) is 5.87. The zero-order valence-electron chi connectivity index (χ0n) is 14.9. The summed E-state index contributed by atoms with van der Waals surface area (Å²) in [4.78, 5) is 15.4. The van der Waals surface area contributed by atoms with E-state index in [1.54, 1.807) is 17.4 Å². The van der Waals surface area contributed by atoms with Crippen LogP contribution >= 0.6 is 11.3 Å². The monoisotopic (exact) mass is 362 g/mol. The van der Waals surface area contributed by atoms with Gasteiger partial charge in [-0.2, -0.15) is 0 Å². The van der Waals surface area contributed by atoms with Crippen molar-refractivity contribution >= 4 is 40.4 Å². The Morgan fingerprint density at radius 3 is 2.27 bits per heavy atom. The lowest BCUT2D eigenvalue weighted by Gasteiger charge is -2.29. The molecule has 0 aliphatic rings. The van der Waals surface area contributed by atoms with Crippen LogP contribution in [-0.4, -0.2) is 11.9 Å². The number of nitrogens with zero attached hydrogens (tertiary/aromatic N) is 1. The predicted molar refractivity (Wildman–Crippen MR) is 112 cm³/mol. The van der Waals surface area contributed by atoms with E-state index in [1.165, 1.54) is 0 Å². The summed E-state index contributed by atoms with van der Waals surface area (Å²) in [7, 11) is 0. The van der Waals surface area contributed by atoms with Gasteiger partial charge in [-0.1, -0.05) is 24.3 Å². The van der Waals surface area contributed by atoms with Crippen LogP contribution < -0.4 is 10.2 Å². The summed E-state index contributed by atoms with van der Waals surface area (Å²) in [5, 5.41) is 4.89. The first-order valence-electron chi connectivity index (χ1n) is 8.60. The van der Waals surface area contributed by atoms with Crippen LogP contribution in [0.1, 0.15) is 18.7 Å². The Morgan fingerprint density at radius 1 is 0.962 bits per heavy atom. The van der Waals surface area contributed by atoms with E-state index in [4.69, 9.17) is 0 Å². The third kappa shape index (κ3) is 4.61. The van der Waals surface area contributed by atoms with Crippen LogP contribution in [0.5, 0.6) is 0 Å². The van der Waals surface area contributed by atoms with Gasteiger partial charge < -0.3 is 10.2 Å². The number of amides is 1. The van der Waals surface area contributed by atoms with Crippen LogP contribution in [0.15, 0.2) is 78.2 Å². The van der Waals surface area contributed by atoms with Crippen molar-refractivity contribution in [1.82, 2.24) is 0 Å². The number of benzene rings is 2. The highest BCUT2D eigenvalue weighted by Gasteiger charge is 2.12. The number of hydrogen-bond acceptors (Lipinski definition) is 3. The van der Waals surface area contributed by atoms with Gasteiger partial charge in [-0.3, -0.25) is 4.79 Å². The molecule has 1 heterocycles. The second kappa shape index (κ2) is 8.50. The molecule has 1 amide bonds. The molecule has 0 saturated carbocycles. The van der Waals surface area contributed by atoms with Gasteiger partial charge in [0.05, 0.1) is 0 Å². The standard InChI is InChI=1S/C22H22N2OS/c1-17(2)24(19-7-4-3-5-8-19)20-12-10-18(11-13-20)23-22(25)15-14-21-9-6-16-26-21/h3-17H,1-2H3,(H,23,25). The molecule has 1 N–H and O–H groups in total. The summed E-state index contributed by atoms with van der Waals surface area (Å²) in [5.41, 5.74) is 3.03. The van der Waals surface area contributed by atoms with Crippen LogP contribution in [0.25, 0.3) is 6.08 Å². The molecule has 132 valence electrons. The zero-order valence-corrected chi connectivity index (χ0v) is 15.7. The number of nitrogens with one attached hydrogen (secondary N) is 1. The number of thiophene rings is 1. The minimum absolute atomic E-state index is 0.130. The number of carbonyl (C=O) groups excluding carboxylic acids is 1. The maximum absolute atomic E-state index is 12.1. The average Bonchev–Trinajstić information content (AvgIpc) is 3.16. The third-order valence-corrected chi connectivity index (χ3v) is 4.74. The molecule has 4 heteroatoms. The smallest absolute Gasteiger partial charge is 0.248 e. The van der Waals surface area contributed by atoms with Gasteiger partial charge in [-0.05, 0) is 67.8 Å². The fourth-order valence-electron chi connectivity index (χ4n) is 2.77. The van der Waals surface area contributed by atoms with E-state index in [1.807, 2.05) is 66.1 Å². The van der Waals surface area contributed by atoms with Gasteiger partial charge in [0.2, 0.25) is 5.91 Å². The van der Waals surface area contributed by atoms with Crippen molar-refractivity contribution in [2.24, 2.45) is 0 Å². The largest absolute Gasteiger partial charge is 0.339 e. The highest BCUT2D eigenvalue weighted by Crippen LogP contribution is 2.28. The predicted octanol–water partition coefficient (Wildman–Crippen LogP) is 5.95. The van der Waals surface area contributed by atoms with E-state index in [2.05, 4.69) is 36.2 Å². The number of anilines is 3. The molecule has 0 unspecified atom stereocenters. The Labute approximate surface area is 158 Å². The SMILES string of the molecule is CC(C)N(c1ccccc1)c1ccc(NC(=O)C=Cc2cccs2)cc1. The number of carbonyl (C=O) groups is 1. The first-order chi connectivity index (χ1) is 12.6. The van der Waals surface area contributed by atoms with Crippen LogP contribution in [0.4, 0.5) is 17.1 Å². The quantitative estimate of drug-likeness (QED) is 0.550. The van der Waals surface area contributed by atoms with Crippen molar-refractivity contribution in [2.45, 2.75) is 19.9 Å². The molecule has 3 aromatic rings. The van der Waals surface area contributed by atoms with E-state index in [0.29, 0.717) is 6.04 Å². The van der Waals surface area contributed by atoms with E-state index in [0.717, 1.165) is 21.9 Å². The van der Waals surface area contributed by atoms with Gasteiger partial charge in [-0.15, -0.1) is 11.3 Å². The van der Waals surface area contributed by atoms with E-state index in [-0.39, 0.29) is 5.91 Å². The van der Waals surface area contributed by atoms with Gasteiger partial charge >= 0.3 is 0 Å². The fourth-order valence-corrected chi connectivity index (χ4v) is 3.39. The maximum atomic E-state index is 12.1. The second-order valence-electron chi connectivity index (χ2n) is 6.18. The van der Waals surface area contributed by atoms with Crippen LogP contribution in [0.3, 0.4) is 0 Å².